The van der Waals surface area contributed by atoms with Gasteiger partial charge in [0, 0.05) is 42.5 Å². The van der Waals surface area contributed by atoms with E-state index < -0.39 is 69.0 Å². The summed E-state index contributed by atoms with van der Waals surface area (Å²) in [5.41, 5.74) is 4.21. The molecule has 5 aromatic rings. The number of aliphatic hydroxyl groups is 1. The minimum atomic E-state index is -4.23. The molecule has 2 aromatic heterocycles. The predicted molar refractivity (Wildman–Crippen MR) is 171 cm³/mol. The molecule has 0 unspecified atom stereocenters. The standard InChI is InChI=1S/C33H26F5N5O8S/c1-15-41-29(17-5-7-24-25(10-17)51-33(37,38)50-24)30(49-15)20-8-16(18-9-22(34)21(14-44)26(11-18)52(3,47)48)4-6-19(20)23-12-27(42-43(23)2)32(35,36)31(46)40-13-28(39)45/h4-12,44H,13-14H2,1-3H3,(H2,39,45)(H,40,46). The summed E-state index contributed by atoms with van der Waals surface area (Å²) in [5, 5.41) is 15.3. The summed E-state index contributed by atoms with van der Waals surface area (Å²) in [4.78, 5) is 27.3. The molecule has 2 amide bonds. The number of carbonyl (C=O) groups is 2. The second-order valence-electron chi connectivity index (χ2n) is 11.6. The van der Waals surface area contributed by atoms with E-state index in [1.165, 1.54) is 50.4 Å². The molecule has 0 radical (unpaired) electrons. The van der Waals surface area contributed by atoms with Crippen LogP contribution in [-0.2, 0) is 39.0 Å². The average Bonchev–Trinajstić information content (AvgIpc) is 3.74. The number of primary amides is 1. The highest BCUT2D eigenvalue weighted by Crippen LogP contribution is 2.46. The van der Waals surface area contributed by atoms with Crippen molar-refractivity contribution in [3.8, 4) is 56.5 Å². The molecule has 0 aliphatic carbocycles. The highest BCUT2D eigenvalue weighted by atomic mass is 32.2. The van der Waals surface area contributed by atoms with Gasteiger partial charge in [-0.2, -0.15) is 13.9 Å². The first-order valence-corrected chi connectivity index (χ1v) is 16.8. The maximum Gasteiger partial charge on any atom is 0.586 e. The number of halogens is 5. The molecule has 0 atom stereocenters. The van der Waals surface area contributed by atoms with Crippen LogP contribution in [0.15, 0.2) is 63.9 Å². The number of sulfone groups is 1. The SMILES string of the molecule is Cc1nc(-c2ccc3c(c2)OC(F)(F)O3)c(-c2cc(-c3cc(F)c(CO)c(S(C)(=O)=O)c3)ccc2-c2cc(C(F)(F)C(=O)NCC(N)=O)nn2C)o1. The summed E-state index contributed by atoms with van der Waals surface area (Å²) in [6.07, 6.45) is -3.08. The van der Waals surface area contributed by atoms with Crippen molar-refractivity contribution in [2.24, 2.45) is 12.8 Å². The van der Waals surface area contributed by atoms with Crippen molar-refractivity contribution >= 4 is 21.7 Å². The Morgan fingerprint density at radius 1 is 1.00 bits per heavy atom. The van der Waals surface area contributed by atoms with Gasteiger partial charge in [0.2, 0.25) is 5.91 Å². The lowest BCUT2D eigenvalue weighted by molar-refractivity contribution is -0.286. The van der Waals surface area contributed by atoms with E-state index in [1.54, 1.807) is 5.32 Å². The zero-order valence-electron chi connectivity index (χ0n) is 27.1. The molecule has 19 heteroatoms. The second kappa shape index (κ2) is 12.7. The highest BCUT2D eigenvalue weighted by molar-refractivity contribution is 7.90. The number of nitrogens with two attached hydrogens (primary N) is 1. The molecule has 0 saturated carbocycles. The largest absolute Gasteiger partial charge is 0.586 e. The van der Waals surface area contributed by atoms with Crippen LogP contribution >= 0.6 is 0 Å². The fourth-order valence-corrected chi connectivity index (χ4v) is 6.52. The van der Waals surface area contributed by atoms with E-state index in [1.807, 2.05) is 0 Å². The number of aromatic nitrogens is 3. The fraction of sp³-hybridized carbons (Fsp3) is 0.212. The summed E-state index contributed by atoms with van der Waals surface area (Å²) in [5.74, 6) is -8.69. The summed E-state index contributed by atoms with van der Waals surface area (Å²) < 4.78 is 115. The summed E-state index contributed by atoms with van der Waals surface area (Å²) in [6, 6.07) is 11.1. The normalized spacial score (nSPS) is 13.7. The van der Waals surface area contributed by atoms with E-state index in [0.29, 0.717) is 0 Å². The van der Waals surface area contributed by atoms with Crippen LogP contribution in [0.2, 0.25) is 0 Å². The molecular weight excluding hydrogens is 721 g/mol. The van der Waals surface area contributed by atoms with Gasteiger partial charge in [0.15, 0.2) is 33.0 Å². The number of alkyl halides is 4. The Labute approximate surface area is 290 Å². The summed E-state index contributed by atoms with van der Waals surface area (Å²) in [7, 11) is -2.74. The first-order chi connectivity index (χ1) is 24.3. The Morgan fingerprint density at radius 3 is 2.37 bits per heavy atom. The van der Waals surface area contributed by atoms with Gasteiger partial charge < -0.3 is 30.0 Å². The van der Waals surface area contributed by atoms with Gasteiger partial charge in [0.1, 0.15) is 17.2 Å². The first-order valence-electron chi connectivity index (χ1n) is 14.9. The van der Waals surface area contributed by atoms with E-state index in [2.05, 4.69) is 19.6 Å². The van der Waals surface area contributed by atoms with Crippen molar-refractivity contribution in [2.45, 2.75) is 30.6 Å². The number of nitrogens with one attached hydrogen (secondary N) is 1. The molecule has 3 heterocycles. The molecule has 272 valence electrons. The summed E-state index contributed by atoms with van der Waals surface area (Å²) in [6.45, 7) is -0.285. The lowest BCUT2D eigenvalue weighted by Gasteiger charge is -2.14. The third-order valence-corrected chi connectivity index (χ3v) is 9.07. The minimum absolute atomic E-state index is 0.0112. The quantitative estimate of drug-likeness (QED) is 0.172. The van der Waals surface area contributed by atoms with Crippen LogP contribution in [0.4, 0.5) is 22.0 Å². The maximum atomic E-state index is 15.3. The van der Waals surface area contributed by atoms with Gasteiger partial charge in [0.25, 0.3) is 5.91 Å². The van der Waals surface area contributed by atoms with Crippen LogP contribution in [0.25, 0.3) is 45.0 Å². The number of aliphatic hydroxyl groups excluding tert-OH is 1. The number of hydrogen-bond donors (Lipinski definition) is 3. The first kappa shape index (κ1) is 36.0. The highest BCUT2D eigenvalue weighted by Gasteiger charge is 2.45. The Hall–Kier alpha value is -5.82. The van der Waals surface area contributed by atoms with Crippen molar-refractivity contribution in [1.29, 1.82) is 0 Å². The molecule has 0 saturated heterocycles. The molecule has 1 aliphatic heterocycles. The van der Waals surface area contributed by atoms with E-state index in [9.17, 15) is 31.9 Å². The monoisotopic (exact) mass is 747 g/mol. The number of rotatable bonds is 10. The molecule has 3 aromatic carbocycles. The smallest absolute Gasteiger partial charge is 0.440 e. The van der Waals surface area contributed by atoms with Crippen LogP contribution in [0.5, 0.6) is 11.5 Å². The number of nitrogens with zero attached hydrogens (tertiary/aromatic N) is 3. The van der Waals surface area contributed by atoms with E-state index in [4.69, 9.17) is 10.2 Å². The topological polar surface area (TPSA) is 189 Å². The van der Waals surface area contributed by atoms with E-state index in [0.717, 1.165) is 29.1 Å². The number of fused-ring (bicyclic) bond motifs is 1. The van der Waals surface area contributed by atoms with Crippen molar-refractivity contribution in [3.05, 3.63) is 77.6 Å². The van der Waals surface area contributed by atoms with Gasteiger partial charge in [-0.3, -0.25) is 14.3 Å². The van der Waals surface area contributed by atoms with Gasteiger partial charge >= 0.3 is 12.2 Å². The van der Waals surface area contributed by atoms with Crippen molar-refractivity contribution in [2.75, 3.05) is 12.8 Å². The molecule has 52 heavy (non-hydrogen) atoms. The second-order valence-corrected chi connectivity index (χ2v) is 13.6. The number of ether oxygens (including phenoxy) is 2. The van der Waals surface area contributed by atoms with Gasteiger partial charge in [-0.1, -0.05) is 12.1 Å². The van der Waals surface area contributed by atoms with Crippen LogP contribution in [0.3, 0.4) is 0 Å². The van der Waals surface area contributed by atoms with E-state index >= 15 is 13.2 Å². The molecular formula is C33H26F5N5O8S. The van der Waals surface area contributed by atoms with Gasteiger partial charge in [0.05, 0.1) is 23.7 Å². The molecule has 0 spiro atoms. The van der Waals surface area contributed by atoms with Crippen molar-refractivity contribution in [3.63, 3.8) is 0 Å². The van der Waals surface area contributed by atoms with Gasteiger partial charge in [-0.15, -0.1) is 8.78 Å². The molecule has 6 rings (SSSR count). The number of benzene rings is 3. The number of hydrogen-bond acceptors (Lipinski definition) is 10. The lowest BCUT2D eigenvalue weighted by atomic mass is 9.93. The molecule has 0 bridgehead atoms. The minimum Gasteiger partial charge on any atom is -0.440 e. The van der Waals surface area contributed by atoms with Gasteiger partial charge in [-0.25, -0.2) is 17.8 Å². The van der Waals surface area contributed by atoms with Crippen LogP contribution in [0, 0.1) is 12.7 Å². The zero-order chi connectivity index (χ0) is 37.9. The van der Waals surface area contributed by atoms with E-state index in [-0.39, 0.29) is 62.4 Å². The van der Waals surface area contributed by atoms with Gasteiger partial charge in [-0.05, 0) is 53.6 Å². The zero-order valence-corrected chi connectivity index (χ0v) is 27.9. The number of oxazole rings is 1. The van der Waals surface area contributed by atoms with Crippen LogP contribution in [-0.4, -0.2) is 59.2 Å². The predicted octanol–water partition coefficient (Wildman–Crippen LogP) is 4.43. The average molecular weight is 748 g/mol. The Kier molecular flexibility index (Phi) is 8.82. The molecule has 13 nitrogen and oxygen atoms in total. The Morgan fingerprint density at radius 2 is 1.69 bits per heavy atom. The Balaban J connectivity index is 1.56. The van der Waals surface area contributed by atoms with Crippen LogP contribution in [0.1, 0.15) is 17.1 Å². The van der Waals surface area contributed by atoms with Crippen molar-refractivity contribution in [1.82, 2.24) is 20.1 Å². The molecule has 0 fully saturated rings. The van der Waals surface area contributed by atoms with Crippen molar-refractivity contribution < 1.29 is 59.0 Å². The fourth-order valence-electron chi connectivity index (χ4n) is 5.57. The number of aryl methyl sites for hydroxylation is 2. The van der Waals surface area contributed by atoms with Crippen LogP contribution < -0.4 is 20.5 Å². The number of amides is 2. The number of carbonyl (C=O) groups excluding carboxylic acids is 2. The molecule has 1 aliphatic rings. The summed E-state index contributed by atoms with van der Waals surface area (Å²) >= 11 is 0. The molecule has 4 N–H and O–H groups in total. The third-order valence-electron chi connectivity index (χ3n) is 7.90. The third kappa shape index (κ3) is 6.66. The lowest BCUT2D eigenvalue weighted by Crippen LogP contribution is -2.42. The Bertz CT molecular complexity index is 2390. The maximum absolute atomic E-state index is 15.3.